The molecule has 0 saturated carbocycles. The first-order valence-corrected chi connectivity index (χ1v) is 5.40. The molecule has 0 bridgehead atoms. The molecule has 5 nitrogen and oxygen atoms in total. The van der Waals surface area contributed by atoms with E-state index < -0.39 is 5.91 Å². The highest BCUT2D eigenvalue weighted by Crippen LogP contribution is 2.22. The van der Waals surface area contributed by atoms with Gasteiger partial charge in [-0.25, -0.2) is 0 Å². The summed E-state index contributed by atoms with van der Waals surface area (Å²) in [7, 11) is 0. The standard InChI is InChI=1S/C9H13N3O2S/c10-4-1-2-7(13)12-9-6(8(11)14)3-5-15-9/h3,5H,1-2,4,10H2,(H2,11,14)(H,12,13). The number of carbonyl (C=O) groups excluding carboxylic acids is 2. The number of carbonyl (C=O) groups is 2. The maximum Gasteiger partial charge on any atom is 0.251 e. The van der Waals surface area contributed by atoms with Gasteiger partial charge in [-0.05, 0) is 24.4 Å². The third-order valence-corrected chi connectivity index (χ3v) is 2.62. The maximum absolute atomic E-state index is 11.3. The highest BCUT2D eigenvalue weighted by atomic mass is 32.1. The Bertz CT molecular complexity index is 362. The third-order valence-electron chi connectivity index (χ3n) is 1.79. The average Bonchev–Trinajstić information content (AvgIpc) is 2.62. The van der Waals surface area contributed by atoms with Crippen LogP contribution >= 0.6 is 11.3 Å². The summed E-state index contributed by atoms with van der Waals surface area (Å²) in [6.45, 7) is 0.473. The molecule has 0 saturated heterocycles. The molecule has 0 atom stereocenters. The normalized spacial score (nSPS) is 9.93. The van der Waals surface area contributed by atoms with E-state index in [1.807, 2.05) is 0 Å². The molecule has 0 spiro atoms. The fourth-order valence-electron chi connectivity index (χ4n) is 1.05. The summed E-state index contributed by atoms with van der Waals surface area (Å²) in [5.74, 6) is -0.684. The lowest BCUT2D eigenvalue weighted by atomic mass is 10.3. The summed E-state index contributed by atoms with van der Waals surface area (Å²) in [6.07, 6.45) is 0.982. The van der Waals surface area contributed by atoms with E-state index in [1.165, 1.54) is 11.3 Å². The molecule has 5 N–H and O–H groups in total. The van der Waals surface area contributed by atoms with Gasteiger partial charge in [-0.2, -0.15) is 0 Å². The lowest BCUT2D eigenvalue weighted by Crippen LogP contribution is -2.17. The number of rotatable bonds is 5. The zero-order valence-electron chi connectivity index (χ0n) is 8.16. The van der Waals surface area contributed by atoms with Crippen LogP contribution in [0, 0.1) is 0 Å². The van der Waals surface area contributed by atoms with Crippen LogP contribution in [0.25, 0.3) is 0 Å². The molecule has 1 aromatic rings. The van der Waals surface area contributed by atoms with Crippen LogP contribution in [-0.4, -0.2) is 18.4 Å². The number of thiophene rings is 1. The van der Waals surface area contributed by atoms with Crippen LogP contribution in [0.1, 0.15) is 23.2 Å². The fourth-order valence-corrected chi connectivity index (χ4v) is 1.86. The number of primary amides is 1. The number of amides is 2. The minimum Gasteiger partial charge on any atom is -0.366 e. The van der Waals surface area contributed by atoms with Gasteiger partial charge in [0, 0.05) is 6.42 Å². The van der Waals surface area contributed by atoms with Gasteiger partial charge in [-0.1, -0.05) is 0 Å². The molecule has 82 valence electrons. The minimum atomic E-state index is -0.537. The lowest BCUT2D eigenvalue weighted by molar-refractivity contribution is -0.116. The second-order valence-electron chi connectivity index (χ2n) is 2.97. The predicted octanol–water partition coefficient (Wildman–Crippen LogP) is 0.524. The van der Waals surface area contributed by atoms with E-state index in [4.69, 9.17) is 11.5 Å². The Morgan fingerprint density at radius 1 is 1.47 bits per heavy atom. The SMILES string of the molecule is NCCCC(=O)Nc1sccc1C(N)=O. The van der Waals surface area contributed by atoms with Crippen molar-refractivity contribution >= 4 is 28.2 Å². The van der Waals surface area contributed by atoms with Crippen LogP contribution in [0.3, 0.4) is 0 Å². The molecule has 0 aliphatic rings. The molecule has 0 aliphatic heterocycles. The van der Waals surface area contributed by atoms with Crippen molar-refractivity contribution in [3.63, 3.8) is 0 Å². The van der Waals surface area contributed by atoms with Gasteiger partial charge in [-0.15, -0.1) is 11.3 Å². The maximum atomic E-state index is 11.3. The average molecular weight is 227 g/mol. The number of nitrogens with one attached hydrogen (secondary N) is 1. The smallest absolute Gasteiger partial charge is 0.251 e. The van der Waals surface area contributed by atoms with Crippen LogP contribution in [0.5, 0.6) is 0 Å². The first-order chi connectivity index (χ1) is 7.15. The van der Waals surface area contributed by atoms with Gasteiger partial charge in [0.15, 0.2) is 0 Å². The summed E-state index contributed by atoms with van der Waals surface area (Å²) in [6, 6.07) is 1.59. The van der Waals surface area contributed by atoms with Gasteiger partial charge in [-0.3, -0.25) is 9.59 Å². The third kappa shape index (κ3) is 3.34. The molecular formula is C9H13N3O2S. The first kappa shape index (κ1) is 11.7. The second-order valence-corrected chi connectivity index (χ2v) is 3.88. The van der Waals surface area contributed by atoms with Crippen LogP contribution in [0.15, 0.2) is 11.4 Å². The Morgan fingerprint density at radius 2 is 2.20 bits per heavy atom. The minimum absolute atomic E-state index is 0.148. The molecule has 6 heteroatoms. The van der Waals surface area contributed by atoms with Crippen molar-refractivity contribution < 1.29 is 9.59 Å². The largest absolute Gasteiger partial charge is 0.366 e. The Morgan fingerprint density at radius 3 is 2.80 bits per heavy atom. The van der Waals surface area contributed by atoms with Crippen molar-refractivity contribution in [1.82, 2.24) is 0 Å². The lowest BCUT2D eigenvalue weighted by Gasteiger charge is -2.03. The first-order valence-electron chi connectivity index (χ1n) is 4.52. The summed E-state index contributed by atoms with van der Waals surface area (Å²) < 4.78 is 0. The fraction of sp³-hybridized carbons (Fsp3) is 0.333. The van der Waals surface area contributed by atoms with Crippen molar-refractivity contribution in [2.75, 3.05) is 11.9 Å². The predicted molar refractivity (Wildman–Crippen MR) is 59.8 cm³/mol. The number of anilines is 1. The van der Waals surface area contributed by atoms with E-state index in [0.717, 1.165) is 0 Å². The molecule has 2 amide bonds. The van der Waals surface area contributed by atoms with E-state index in [0.29, 0.717) is 30.0 Å². The molecule has 1 heterocycles. The van der Waals surface area contributed by atoms with Crippen LogP contribution in [0.4, 0.5) is 5.00 Å². The highest BCUT2D eigenvalue weighted by Gasteiger charge is 2.11. The summed E-state index contributed by atoms with van der Waals surface area (Å²) in [4.78, 5) is 22.3. The van der Waals surface area contributed by atoms with E-state index in [2.05, 4.69) is 5.32 Å². The van der Waals surface area contributed by atoms with E-state index in [9.17, 15) is 9.59 Å². The van der Waals surface area contributed by atoms with Gasteiger partial charge in [0.25, 0.3) is 5.91 Å². The van der Waals surface area contributed by atoms with Gasteiger partial charge in [0.2, 0.25) is 5.91 Å². The monoisotopic (exact) mass is 227 g/mol. The summed E-state index contributed by atoms with van der Waals surface area (Å²) in [5, 5.41) is 4.84. The van der Waals surface area contributed by atoms with E-state index in [-0.39, 0.29) is 5.91 Å². The Labute approximate surface area is 91.4 Å². The Balaban J connectivity index is 2.60. The molecule has 1 aromatic heterocycles. The van der Waals surface area contributed by atoms with E-state index in [1.54, 1.807) is 11.4 Å². The molecule has 0 radical (unpaired) electrons. The Kier molecular flexibility index (Phi) is 4.26. The van der Waals surface area contributed by atoms with Gasteiger partial charge in [0.05, 0.1) is 5.56 Å². The van der Waals surface area contributed by atoms with Crippen LogP contribution < -0.4 is 16.8 Å². The Hall–Kier alpha value is -1.40. The van der Waals surface area contributed by atoms with E-state index >= 15 is 0 Å². The van der Waals surface area contributed by atoms with Crippen molar-refractivity contribution in [2.24, 2.45) is 11.5 Å². The zero-order chi connectivity index (χ0) is 11.3. The molecule has 15 heavy (non-hydrogen) atoms. The van der Waals surface area contributed by atoms with Gasteiger partial charge < -0.3 is 16.8 Å². The molecule has 0 fully saturated rings. The van der Waals surface area contributed by atoms with Crippen molar-refractivity contribution in [3.8, 4) is 0 Å². The topological polar surface area (TPSA) is 98.2 Å². The van der Waals surface area contributed by atoms with Crippen molar-refractivity contribution in [2.45, 2.75) is 12.8 Å². The molecule has 1 rings (SSSR count). The van der Waals surface area contributed by atoms with Gasteiger partial charge in [0.1, 0.15) is 5.00 Å². The molecule has 0 unspecified atom stereocenters. The highest BCUT2D eigenvalue weighted by molar-refractivity contribution is 7.14. The van der Waals surface area contributed by atoms with Crippen molar-refractivity contribution in [1.29, 1.82) is 0 Å². The molecule has 0 aliphatic carbocycles. The van der Waals surface area contributed by atoms with Crippen LogP contribution in [0.2, 0.25) is 0 Å². The van der Waals surface area contributed by atoms with Crippen molar-refractivity contribution in [3.05, 3.63) is 17.0 Å². The number of nitrogens with two attached hydrogens (primary N) is 2. The summed E-state index contributed by atoms with van der Waals surface area (Å²) >= 11 is 1.28. The molecular weight excluding hydrogens is 214 g/mol. The zero-order valence-corrected chi connectivity index (χ0v) is 8.97. The summed E-state index contributed by atoms with van der Waals surface area (Å²) in [5.41, 5.74) is 10.8. The molecule has 0 aromatic carbocycles. The second kappa shape index (κ2) is 5.47. The quantitative estimate of drug-likeness (QED) is 0.684. The number of hydrogen-bond donors (Lipinski definition) is 3. The number of hydrogen-bond acceptors (Lipinski definition) is 4. The van der Waals surface area contributed by atoms with Crippen LogP contribution in [-0.2, 0) is 4.79 Å². The van der Waals surface area contributed by atoms with Gasteiger partial charge >= 0.3 is 0 Å².